The van der Waals surface area contributed by atoms with Crippen LogP contribution < -0.4 is 15.0 Å². The molecule has 0 radical (unpaired) electrons. The van der Waals surface area contributed by atoms with Gasteiger partial charge in [-0.3, -0.25) is 4.79 Å². The molecule has 2 aromatic rings. The van der Waals surface area contributed by atoms with E-state index in [2.05, 4.69) is 26.1 Å². The van der Waals surface area contributed by atoms with E-state index < -0.39 is 0 Å². The smallest absolute Gasteiger partial charge is 0.244 e. The van der Waals surface area contributed by atoms with Gasteiger partial charge >= 0.3 is 0 Å². The van der Waals surface area contributed by atoms with Gasteiger partial charge in [-0.2, -0.15) is 0 Å². The van der Waals surface area contributed by atoms with Crippen LogP contribution in [0.1, 0.15) is 18.4 Å². The Balaban J connectivity index is 1.50. The number of carbonyl (C=O) groups is 1. The first kappa shape index (κ1) is 19.4. The minimum absolute atomic E-state index is 0.129. The lowest BCUT2D eigenvalue weighted by Gasteiger charge is -2.33. The maximum Gasteiger partial charge on any atom is 0.244 e. The molecule has 0 aromatic heterocycles. The Morgan fingerprint density at radius 3 is 2.59 bits per heavy atom. The van der Waals surface area contributed by atoms with Gasteiger partial charge in [-0.1, -0.05) is 15.9 Å². The molecule has 2 aromatic carbocycles. The number of rotatable bonds is 5. The fourth-order valence-corrected chi connectivity index (χ4v) is 3.51. The minimum Gasteiger partial charge on any atom is -0.497 e. The average Bonchev–Trinajstić information content (AvgIpc) is 2.69. The number of hydrogen-bond donors (Lipinski definition) is 1. The van der Waals surface area contributed by atoms with Gasteiger partial charge in [0, 0.05) is 40.9 Å². The van der Waals surface area contributed by atoms with Gasteiger partial charge in [0.1, 0.15) is 11.6 Å². The first-order chi connectivity index (χ1) is 13.0. The SMILES string of the molecule is COc1ccc(N2CCC(NC(=O)/C=C/c3cc(Br)ccc3F)CC2)cc1. The number of hydrogen-bond acceptors (Lipinski definition) is 3. The molecule has 1 aliphatic heterocycles. The molecule has 1 saturated heterocycles. The normalized spacial score (nSPS) is 15.1. The highest BCUT2D eigenvalue weighted by Gasteiger charge is 2.20. The van der Waals surface area contributed by atoms with E-state index in [0.717, 1.165) is 41.8 Å². The molecular formula is C21H22BrFN2O2. The molecular weight excluding hydrogens is 411 g/mol. The summed E-state index contributed by atoms with van der Waals surface area (Å²) < 4.78 is 19.7. The highest BCUT2D eigenvalue weighted by Crippen LogP contribution is 2.23. The second-order valence-electron chi connectivity index (χ2n) is 6.47. The summed E-state index contributed by atoms with van der Waals surface area (Å²) in [6.07, 6.45) is 4.64. The fourth-order valence-electron chi connectivity index (χ4n) is 3.13. The van der Waals surface area contributed by atoms with Crippen LogP contribution in [0.4, 0.5) is 10.1 Å². The number of piperidine rings is 1. The van der Waals surface area contributed by atoms with Crippen molar-refractivity contribution in [3.8, 4) is 5.75 Å². The van der Waals surface area contributed by atoms with Gasteiger partial charge in [-0.25, -0.2) is 4.39 Å². The summed E-state index contributed by atoms with van der Waals surface area (Å²) in [7, 11) is 1.66. The van der Waals surface area contributed by atoms with E-state index >= 15 is 0 Å². The summed E-state index contributed by atoms with van der Waals surface area (Å²) in [5.74, 6) is 0.293. The topological polar surface area (TPSA) is 41.6 Å². The second-order valence-corrected chi connectivity index (χ2v) is 7.38. The first-order valence-electron chi connectivity index (χ1n) is 8.88. The summed E-state index contributed by atoms with van der Waals surface area (Å²) in [5.41, 5.74) is 1.54. The van der Waals surface area contributed by atoms with Crippen molar-refractivity contribution in [2.24, 2.45) is 0 Å². The van der Waals surface area contributed by atoms with E-state index in [9.17, 15) is 9.18 Å². The van der Waals surface area contributed by atoms with Crippen molar-refractivity contribution in [3.05, 3.63) is 64.4 Å². The molecule has 1 amide bonds. The molecule has 142 valence electrons. The molecule has 0 saturated carbocycles. The summed E-state index contributed by atoms with van der Waals surface area (Å²) >= 11 is 3.30. The fraction of sp³-hybridized carbons (Fsp3) is 0.286. The van der Waals surface area contributed by atoms with E-state index in [1.54, 1.807) is 19.2 Å². The first-order valence-corrected chi connectivity index (χ1v) is 9.67. The van der Waals surface area contributed by atoms with Crippen LogP contribution in [0.25, 0.3) is 6.08 Å². The Bertz CT molecular complexity index is 815. The zero-order chi connectivity index (χ0) is 19.2. The van der Waals surface area contributed by atoms with Crippen molar-refractivity contribution in [2.75, 3.05) is 25.1 Å². The van der Waals surface area contributed by atoms with Gasteiger partial charge in [0.05, 0.1) is 7.11 Å². The molecule has 1 fully saturated rings. The summed E-state index contributed by atoms with van der Waals surface area (Å²) in [6, 6.07) is 12.8. The number of nitrogens with one attached hydrogen (secondary N) is 1. The van der Waals surface area contributed by atoms with Crippen molar-refractivity contribution in [1.82, 2.24) is 5.32 Å². The van der Waals surface area contributed by atoms with Crippen LogP contribution in [0.5, 0.6) is 5.75 Å². The number of nitrogens with zero attached hydrogens (tertiary/aromatic N) is 1. The highest BCUT2D eigenvalue weighted by atomic mass is 79.9. The largest absolute Gasteiger partial charge is 0.497 e. The Labute approximate surface area is 167 Å². The molecule has 27 heavy (non-hydrogen) atoms. The number of amides is 1. The van der Waals surface area contributed by atoms with Crippen LogP contribution >= 0.6 is 15.9 Å². The van der Waals surface area contributed by atoms with Gasteiger partial charge < -0.3 is 15.0 Å². The molecule has 0 atom stereocenters. The van der Waals surface area contributed by atoms with E-state index in [1.807, 2.05) is 24.3 Å². The lowest BCUT2D eigenvalue weighted by atomic mass is 10.0. The van der Waals surface area contributed by atoms with Crippen LogP contribution in [-0.4, -0.2) is 32.1 Å². The third-order valence-electron chi connectivity index (χ3n) is 4.65. The third kappa shape index (κ3) is 5.32. The lowest BCUT2D eigenvalue weighted by Crippen LogP contribution is -2.44. The van der Waals surface area contributed by atoms with Crippen molar-refractivity contribution in [1.29, 1.82) is 0 Å². The molecule has 3 rings (SSSR count). The number of methoxy groups -OCH3 is 1. The lowest BCUT2D eigenvalue weighted by molar-refractivity contribution is -0.117. The van der Waals surface area contributed by atoms with Gasteiger partial charge in [0.25, 0.3) is 0 Å². The predicted molar refractivity (Wildman–Crippen MR) is 110 cm³/mol. The number of anilines is 1. The van der Waals surface area contributed by atoms with Crippen molar-refractivity contribution < 1.29 is 13.9 Å². The molecule has 1 heterocycles. The molecule has 4 nitrogen and oxygen atoms in total. The number of carbonyl (C=O) groups excluding carboxylic acids is 1. The standard InChI is InChI=1S/C21H22BrFN2O2/c1-27-19-6-4-18(5-7-19)25-12-10-17(11-13-25)24-21(26)9-2-15-14-16(22)3-8-20(15)23/h2-9,14,17H,10-13H2,1H3,(H,24,26)/b9-2+. The third-order valence-corrected chi connectivity index (χ3v) is 5.14. The molecule has 0 aliphatic carbocycles. The second kappa shape index (κ2) is 9.04. The summed E-state index contributed by atoms with van der Waals surface area (Å²) in [5, 5.41) is 3.01. The molecule has 0 bridgehead atoms. The Morgan fingerprint density at radius 1 is 1.22 bits per heavy atom. The molecule has 1 aliphatic rings. The van der Waals surface area contributed by atoms with Gasteiger partial charge in [0.2, 0.25) is 5.91 Å². The monoisotopic (exact) mass is 432 g/mol. The van der Waals surface area contributed by atoms with Crippen LogP contribution in [0.3, 0.4) is 0 Å². The summed E-state index contributed by atoms with van der Waals surface area (Å²) in [6.45, 7) is 1.75. The van der Waals surface area contributed by atoms with Gasteiger partial charge in [-0.05, 0) is 61.4 Å². The zero-order valence-electron chi connectivity index (χ0n) is 15.1. The maximum atomic E-state index is 13.7. The maximum absolute atomic E-state index is 13.7. The van der Waals surface area contributed by atoms with Crippen molar-refractivity contribution in [2.45, 2.75) is 18.9 Å². The van der Waals surface area contributed by atoms with Crippen LogP contribution in [0.2, 0.25) is 0 Å². The highest BCUT2D eigenvalue weighted by molar-refractivity contribution is 9.10. The minimum atomic E-state index is -0.352. The number of ether oxygens (including phenoxy) is 1. The van der Waals surface area contributed by atoms with Crippen LogP contribution in [-0.2, 0) is 4.79 Å². The molecule has 0 unspecified atom stereocenters. The quantitative estimate of drug-likeness (QED) is 0.712. The Kier molecular flexibility index (Phi) is 6.50. The molecule has 0 spiro atoms. The summed E-state index contributed by atoms with van der Waals surface area (Å²) in [4.78, 5) is 14.4. The van der Waals surface area contributed by atoms with Crippen molar-refractivity contribution >= 4 is 33.6 Å². The predicted octanol–water partition coefficient (Wildman–Crippen LogP) is 4.40. The molecule has 6 heteroatoms. The Morgan fingerprint density at radius 2 is 1.93 bits per heavy atom. The average molecular weight is 433 g/mol. The van der Waals surface area contributed by atoms with Crippen molar-refractivity contribution in [3.63, 3.8) is 0 Å². The zero-order valence-corrected chi connectivity index (χ0v) is 16.7. The molecule has 1 N–H and O–H groups in total. The van der Waals surface area contributed by atoms with E-state index in [1.165, 1.54) is 18.2 Å². The Hall–Kier alpha value is -2.34. The van der Waals surface area contributed by atoms with Gasteiger partial charge in [0.15, 0.2) is 0 Å². The number of benzene rings is 2. The van der Waals surface area contributed by atoms with E-state index in [0.29, 0.717) is 5.56 Å². The number of halogens is 2. The van der Waals surface area contributed by atoms with Gasteiger partial charge in [-0.15, -0.1) is 0 Å². The van der Waals surface area contributed by atoms with E-state index in [-0.39, 0.29) is 17.8 Å². The van der Waals surface area contributed by atoms with Crippen LogP contribution in [0, 0.1) is 5.82 Å². The van der Waals surface area contributed by atoms with E-state index in [4.69, 9.17) is 4.74 Å². The van der Waals surface area contributed by atoms with Crippen LogP contribution in [0.15, 0.2) is 53.0 Å².